The van der Waals surface area contributed by atoms with Gasteiger partial charge in [-0.3, -0.25) is 4.98 Å². The van der Waals surface area contributed by atoms with Crippen LogP contribution < -0.4 is 0 Å². The minimum Gasteiger partial charge on any atom is -0.365 e. The second kappa shape index (κ2) is 2.70. The zero-order valence-corrected chi connectivity index (χ0v) is 7.43. The van der Waals surface area contributed by atoms with E-state index in [-0.39, 0.29) is 5.56 Å². The van der Waals surface area contributed by atoms with Gasteiger partial charge in [-0.05, 0) is 13.0 Å². The van der Waals surface area contributed by atoms with Gasteiger partial charge in [0.2, 0.25) is 0 Å². The summed E-state index contributed by atoms with van der Waals surface area (Å²) in [4.78, 5) is 3.48. The fourth-order valence-electron chi connectivity index (χ4n) is 1.35. The maximum absolute atomic E-state index is 12.5. The SMILES string of the molecule is CC1(c2ccncc2C(F)(F)F)CO1. The molecule has 1 fully saturated rings. The molecule has 0 N–H and O–H groups in total. The summed E-state index contributed by atoms with van der Waals surface area (Å²) in [6.07, 6.45) is -2.18. The minimum absolute atomic E-state index is 0.167. The van der Waals surface area contributed by atoms with Crippen molar-refractivity contribution in [2.75, 3.05) is 6.61 Å². The minimum atomic E-state index is -4.36. The van der Waals surface area contributed by atoms with Gasteiger partial charge < -0.3 is 4.74 Å². The molecule has 1 aliphatic rings. The second-order valence-corrected chi connectivity index (χ2v) is 3.44. The predicted octanol–water partition coefficient (Wildman–Crippen LogP) is 2.35. The van der Waals surface area contributed by atoms with E-state index in [1.165, 1.54) is 12.3 Å². The summed E-state index contributed by atoms with van der Waals surface area (Å²) in [5, 5.41) is 0. The number of hydrogen-bond acceptors (Lipinski definition) is 2. The number of epoxide rings is 1. The Labute approximate surface area is 78.7 Å². The average molecular weight is 203 g/mol. The first-order valence-electron chi connectivity index (χ1n) is 4.09. The lowest BCUT2D eigenvalue weighted by atomic mass is 9.98. The fraction of sp³-hybridized carbons (Fsp3) is 0.444. The molecule has 14 heavy (non-hydrogen) atoms. The van der Waals surface area contributed by atoms with Crippen molar-refractivity contribution in [3.05, 3.63) is 29.6 Å². The maximum Gasteiger partial charge on any atom is 0.418 e. The zero-order valence-electron chi connectivity index (χ0n) is 7.43. The molecule has 0 bridgehead atoms. The third kappa shape index (κ3) is 1.48. The lowest BCUT2D eigenvalue weighted by molar-refractivity contribution is -0.139. The van der Waals surface area contributed by atoms with Crippen molar-refractivity contribution in [3.8, 4) is 0 Å². The van der Waals surface area contributed by atoms with E-state index in [4.69, 9.17) is 4.74 Å². The highest BCUT2D eigenvalue weighted by Gasteiger charge is 2.47. The van der Waals surface area contributed by atoms with E-state index < -0.39 is 17.3 Å². The molecule has 5 heteroatoms. The van der Waals surface area contributed by atoms with Crippen LogP contribution in [-0.4, -0.2) is 11.6 Å². The first-order valence-corrected chi connectivity index (χ1v) is 4.09. The van der Waals surface area contributed by atoms with E-state index >= 15 is 0 Å². The van der Waals surface area contributed by atoms with Crippen molar-refractivity contribution in [1.29, 1.82) is 0 Å². The highest BCUT2D eigenvalue weighted by atomic mass is 19.4. The second-order valence-electron chi connectivity index (χ2n) is 3.44. The smallest absolute Gasteiger partial charge is 0.365 e. The number of nitrogens with zero attached hydrogens (tertiary/aromatic N) is 1. The van der Waals surface area contributed by atoms with Crippen LogP contribution in [0, 0.1) is 0 Å². The Hall–Kier alpha value is -1.10. The highest BCUT2D eigenvalue weighted by molar-refractivity contribution is 5.34. The molecule has 1 aromatic heterocycles. The molecule has 1 aliphatic heterocycles. The summed E-state index contributed by atoms with van der Waals surface area (Å²) in [5.74, 6) is 0. The molecule has 0 aromatic carbocycles. The Bertz CT molecular complexity index is 333. The molecule has 76 valence electrons. The van der Waals surface area contributed by atoms with Crippen molar-refractivity contribution in [1.82, 2.24) is 4.98 Å². The van der Waals surface area contributed by atoms with Gasteiger partial charge in [-0.25, -0.2) is 0 Å². The monoisotopic (exact) mass is 203 g/mol. The Morgan fingerprint density at radius 1 is 1.50 bits per heavy atom. The topological polar surface area (TPSA) is 25.4 Å². The average Bonchev–Trinajstić information content (AvgIpc) is 2.84. The molecule has 0 spiro atoms. The van der Waals surface area contributed by atoms with Crippen LogP contribution in [0.15, 0.2) is 18.5 Å². The van der Waals surface area contributed by atoms with Gasteiger partial charge in [0.15, 0.2) is 0 Å². The van der Waals surface area contributed by atoms with Crippen LogP contribution in [0.1, 0.15) is 18.1 Å². The Morgan fingerprint density at radius 2 is 2.14 bits per heavy atom. The lowest BCUT2D eigenvalue weighted by Gasteiger charge is -2.14. The van der Waals surface area contributed by atoms with E-state index in [0.717, 1.165) is 6.20 Å². The van der Waals surface area contributed by atoms with Crippen LogP contribution >= 0.6 is 0 Å². The molecule has 2 heterocycles. The van der Waals surface area contributed by atoms with Gasteiger partial charge in [-0.15, -0.1) is 0 Å². The molecule has 2 nitrogen and oxygen atoms in total. The van der Waals surface area contributed by atoms with Crippen LogP contribution in [-0.2, 0) is 16.5 Å². The van der Waals surface area contributed by atoms with Crippen LogP contribution in [0.4, 0.5) is 13.2 Å². The van der Waals surface area contributed by atoms with E-state index in [1.807, 2.05) is 0 Å². The molecule has 0 radical (unpaired) electrons. The fourth-order valence-corrected chi connectivity index (χ4v) is 1.35. The number of aromatic nitrogens is 1. The van der Waals surface area contributed by atoms with E-state index in [9.17, 15) is 13.2 Å². The number of rotatable bonds is 1. The number of alkyl halides is 3. The molecule has 1 unspecified atom stereocenters. The van der Waals surface area contributed by atoms with Crippen molar-refractivity contribution >= 4 is 0 Å². The molecule has 0 saturated carbocycles. The predicted molar refractivity (Wildman–Crippen MR) is 42.5 cm³/mol. The zero-order chi connectivity index (χ0) is 10.4. The maximum atomic E-state index is 12.5. The summed E-state index contributed by atoms with van der Waals surface area (Å²) >= 11 is 0. The van der Waals surface area contributed by atoms with Gasteiger partial charge >= 0.3 is 6.18 Å². The molecule has 0 aliphatic carbocycles. The van der Waals surface area contributed by atoms with Gasteiger partial charge in [-0.2, -0.15) is 13.2 Å². The molecule has 2 rings (SSSR count). The first kappa shape index (κ1) is 9.45. The van der Waals surface area contributed by atoms with E-state index in [0.29, 0.717) is 6.61 Å². The molecule has 1 atom stereocenters. The van der Waals surface area contributed by atoms with Crippen molar-refractivity contribution < 1.29 is 17.9 Å². The summed E-state index contributed by atoms with van der Waals surface area (Å²) in [6, 6.07) is 1.36. The Balaban J connectivity index is 2.50. The Kier molecular flexibility index (Phi) is 1.82. The van der Waals surface area contributed by atoms with Gasteiger partial charge in [0, 0.05) is 18.0 Å². The summed E-state index contributed by atoms with van der Waals surface area (Å²) in [6.45, 7) is 1.97. The van der Waals surface area contributed by atoms with Crippen molar-refractivity contribution in [2.24, 2.45) is 0 Å². The van der Waals surface area contributed by atoms with Crippen molar-refractivity contribution in [3.63, 3.8) is 0 Å². The third-order valence-corrected chi connectivity index (χ3v) is 2.27. The normalized spacial score (nSPS) is 26.3. The van der Waals surface area contributed by atoms with E-state index in [2.05, 4.69) is 4.98 Å². The Morgan fingerprint density at radius 3 is 2.64 bits per heavy atom. The van der Waals surface area contributed by atoms with Gasteiger partial charge in [0.05, 0.1) is 12.2 Å². The highest BCUT2D eigenvalue weighted by Crippen LogP contribution is 2.43. The molecule has 0 amide bonds. The largest absolute Gasteiger partial charge is 0.418 e. The standard InChI is InChI=1S/C9H8F3NO/c1-8(5-14-8)6-2-3-13-4-7(6)9(10,11)12/h2-4H,5H2,1H3. The third-order valence-electron chi connectivity index (χ3n) is 2.27. The lowest BCUT2D eigenvalue weighted by Crippen LogP contribution is -2.15. The molecule has 1 aromatic rings. The summed E-state index contributed by atoms with van der Waals surface area (Å²) in [7, 11) is 0. The van der Waals surface area contributed by atoms with Gasteiger partial charge in [0.25, 0.3) is 0 Å². The van der Waals surface area contributed by atoms with Gasteiger partial charge in [-0.1, -0.05) is 0 Å². The van der Waals surface area contributed by atoms with Gasteiger partial charge in [0.1, 0.15) is 5.60 Å². The van der Waals surface area contributed by atoms with Crippen LogP contribution in [0.5, 0.6) is 0 Å². The van der Waals surface area contributed by atoms with Crippen LogP contribution in [0.2, 0.25) is 0 Å². The molecule has 1 saturated heterocycles. The summed E-state index contributed by atoms with van der Waals surface area (Å²) < 4.78 is 42.5. The number of pyridine rings is 1. The number of halogens is 3. The number of hydrogen-bond donors (Lipinski definition) is 0. The van der Waals surface area contributed by atoms with E-state index in [1.54, 1.807) is 6.92 Å². The first-order chi connectivity index (χ1) is 6.43. The molecular formula is C9H8F3NO. The molecular weight excluding hydrogens is 195 g/mol. The van der Waals surface area contributed by atoms with Crippen LogP contribution in [0.3, 0.4) is 0 Å². The summed E-state index contributed by atoms with van der Waals surface area (Å²) in [5.41, 5.74) is -1.31. The van der Waals surface area contributed by atoms with Crippen LogP contribution in [0.25, 0.3) is 0 Å². The quantitative estimate of drug-likeness (QED) is 0.654. The van der Waals surface area contributed by atoms with Crippen molar-refractivity contribution in [2.45, 2.75) is 18.7 Å². The number of ether oxygens (including phenoxy) is 1.